The Morgan fingerprint density at radius 2 is 1.58 bits per heavy atom. The molecule has 0 heterocycles. The van der Waals surface area contributed by atoms with Crippen molar-refractivity contribution in [2.45, 2.75) is 39.7 Å². The minimum absolute atomic E-state index is 0.0787. The summed E-state index contributed by atoms with van der Waals surface area (Å²) >= 11 is 0. The van der Waals surface area contributed by atoms with E-state index in [1.54, 1.807) is 30.3 Å². The Morgan fingerprint density at radius 3 is 2.10 bits per heavy atom. The molecule has 0 aromatic heterocycles. The number of rotatable bonds is 12. The monoisotopic (exact) mass is 450 g/mol. The number of hydrogen-bond donors (Lipinski definition) is 1. The van der Waals surface area contributed by atoms with Gasteiger partial charge in [-0.15, -0.1) is 0 Å². The maximum Gasteiger partial charge on any atom is 0.513 e. The number of nitrogens with zero attached hydrogens (tertiary/aromatic N) is 1. The van der Waals surface area contributed by atoms with E-state index in [2.05, 4.69) is 5.09 Å². The fourth-order valence-corrected chi connectivity index (χ4v) is 4.12. The predicted molar refractivity (Wildman–Crippen MR) is 116 cm³/mol. The molecule has 0 saturated heterocycles. The van der Waals surface area contributed by atoms with Crippen molar-refractivity contribution in [3.8, 4) is 11.5 Å². The van der Waals surface area contributed by atoms with Crippen molar-refractivity contribution < 1.29 is 28.1 Å². The van der Waals surface area contributed by atoms with E-state index in [4.69, 9.17) is 13.8 Å². The number of carbonyl (C=O) groups excluding carboxylic acids is 1. The van der Waals surface area contributed by atoms with Gasteiger partial charge in [-0.05, 0) is 37.1 Å². The van der Waals surface area contributed by atoms with Crippen LogP contribution in [0.1, 0.15) is 33.6 Å². The summed E-state index contributed by atoms with van der Waals surface area (Å²) in [7, 11) is -4.09. The third-order valence-electron chi connectivity index (χ3n) is 4.56. The molecule has 9 nitrogen and oxygen atoms in total. The lowest BCUT2D eigenvalue weighted by Gasteiger charge is -2.23. The third-order valence-corrected chi connectivity index (χ3v) is 6.17. The van der Waals surface area contributed by atoms with Crippen molar-refractivity contribution >= 4 is 19.4 Å². The maximum absolute atomic E-state index is 13.4. The van der Waals surface area contributed by atoms with Crippen LogP contribution in [0.25, 0.3) is 0 Å². The van der Waals surface area contributed by atoms with Crippen LogP contribution in [0.15, 0.2) is 54.6 Å². The fraction of sp³-hybridized carbons (Fsp3) is 0.381. The number of nitro groups is 1. The van der Waals surface area contributed by atoms with Gasteiger partial charge in [0.1, 0.15) is 17.5 Å². The van der Waals surface area contributed by atoms with Crippen molar-refractivity contribution in [1.29, 1.82) is 0 Å². The Kier molecular flexibility index (Phi) is 9.03. The molecule has 0 amide bonds. The number of para-hydroxylation sites is 1. The lowest BCUT2D eigenvalue weighted by atomic mass is 10.1. The van der Waals surface area contributed by atoms with Gasteiger partial charge >= 0.3 is 13.7 Å². The molecule has 0 aliphatic carbocycles. The molecule has 0 bridgehead atoms. The number of ether oxygens (including phenoxy) is 1. The summed E-state index contributed by atoms with van der Waals surface area (Å²) in [4.78, 5) is 22.7. The van der Waals surface area contributed by atoms with Gasteiger partial charge < -0.3 is 13.8 Å². The Balaban J connectivity index is 2.16. The highest BCUT2D eigenvalue weighted by Crippen LogP contribution is 2.45. The molecule has 0 unspecified atom stereocenters. The molecule has 0 spiro atoms. The molecule has 2 aromatic carbocycles. The molecule has 10 heteroatoms. The highest BCUT2D eigenvalue weighted by atomic mass is 31.2. The van der Waals surface area contributed by atoms with Crippen LogP contribution in [-0.2, 0) is 14.1 Å². The van der Waals surface area contributed by atoms with Crippen molar-refractivity contribution in [2.75, 3.05) is 6.61 Å². The Bertz CT molecular complexity index is 902. The van der Waals surface area contributed by atoms with Gasteiger partial charge in [-0.3, -0.25) is 14.9 Å². The molecular formula is C21H27N2O7P. The second-order valence-electron chi connectivity index (χ2n) is 6.91. The van der Waals surface area contributed by atoms with Gasteiger partial charge in [0, 0.05) is 12.1 Å². The molecule has 31 heavy (non-hydrogen) atoms. The highest BCUT2D eigenvalue weighted by molar-refractivity contribution is 7.52. The quantitative estimate of drug-likeness (QED) is 0.205. The van der Waals surface area contributed by atoms with Gasteiger partial charge in [-0.2, -0.15) is 5.09 Å². The van der Waals surface area contributed by atoms with Crippen LogP contribution in [0.2, 0.25) is 0 Å². The average Bonchev–Trinajstić information content (AvgIpc) is 2.75. The van der Waals surface area contributed by atoms with Gasteiger partial charge in [-0.25, -0.2) is 4.57 Å². The lowest BCUT2D eigenvalue weighted by Crippen LogP contribution is -2.36. The van der Waals surface area contributed by atoms with Gasteiger partial charge in [0.05, 0.1) is 11.5 Å². The SMILES string of the molecule is CCC(CC)COC(=O)[C@H](C)N[P@@](=O)(Oc1ccccc1)Oc1ccc([N+](=O)[O-])cc1. The fourth-order valence-electron chi connectivity index (χ4n) is 2.60. The molecule has 2 rings (SSSR count). The smallest absolute Gasteiger partial charge is 0.464 e. The first-order valence-electron chi connectivity index (χ1n) is 9.99. The van der Waals surface area contributed by atoms with E-state index < -0.39 is 24.7 Å². The zero-order valence-electron chi connectivity index (χ0n) is 17.7. The number of non-ortho nitro benzene ring substituents is 1. The lowest BCUT2D eigenvalue weighted by molar-refractivity contribution is -0.384. The maximum atomic E-state index is 13.4. The van der Waals surface area contributed by atoms with E-state index in [0.717, 1.165) is 12.8 Å². The molecule has 2 aromatic rings. The van der Waals surface area contributed by atoms with Crippen LogP contribution in [0, 0.1) is 16.0 Å². The highest BCUT2D eigenvalue weighted by Gasteiger charge is 2.34. The van der Waals surface area contributed by atoms with E-state index >= 15 is 0 Å². The zero-order chi connectivity index (χ0) is 22.9. The summed E-state index contributed by atoms with van der Waals surface area (Å²) in [6.07, 6.45) is 1.76. The topological polar surface area (TPSA) is 117 Å². The number of hydrogen-bond acceptors (Lipinski definition) is 7. The summed E-state index contributed by atoms with van der Waals surface area (Å²) in [6, 6.07) is 12.4. The summed E-state index contributed by atoms with van der Waals surface area (Å²) < 4.78 is 29.8. The molecule has 1 N–H and O–H groups in total. The Labute approximate surface area is 181 Å². The van der Waals surface area contributed by atoms with Crippen LogP contribution in [0.4, 0.5) is 5.69 Å². The molecule has 0 aliphatic heterocycles. The van der Waals surface area contributed by atoms with Crippen molar-refractivity contribution in [3.63, 3.8) is 0 Å². The first kappa shape index (κ1) is 24.4. The van der Waals surface area contributed by atoms with Crippen molar-refractivity contribution in [3.05, 3.63) is 64.7 Å². The number of nitro benzene ring substituents is 1. The van der Waals surface area contributed by atoms with Gasteiger partial charge in [0.25, 0.3) is 5.69 Å². The van der Waals surface area contributed by atoms with Crippen LogP contribution >= 0.6 is 7.75 Å². The van der Waals surface area contributed by atoms with E-state index in [1.807, 2.05) is 13.8 Å². The summed E-state index contributed by atoms with van der Waals surface area (Å²) in [5, 5.41) is 13.4. The van der Waals surface area contributed by atoms with Crippen molar-refractivity contribution in [2.24, 2.45) is 5.92 Å². The second-order valence-corrected chi connectivity index (χ2v) is 8.53. The van der Waals surface area contributed by atoms with E-state index in [-0.39, 0.29) is 29.7 Å². The molecule has 0 aliphatic rings. The largest absolute Gasteiger partial charge is 0.513 e. The van der Waals surface area contributed by atoms with Gasteiger partial charge in [-0.1, -0.05) is 44.9 Å². The molecule has 0 radical (unpaired) electrons. The number of nitrogens with one attached hydrogen (secondary N) is 1. The normalized spacial score (nSPS) is 13.8. The first-order valence-corrected chi connectivity index (χ1v) is 11.5. The Morgan fingerprint density at radius 1 is 1.03 bits per heavy atom. The molecule has 0 saturated carbocycles. The van der Waals surface area contributed by atoms with E-state index in [0.29, 0.717) is 0 Å². The number of esters is 1. The van der Waals surface area contributed by atoms with Crippen LogP contribution < -0.4 is 14.1 Å². The minimum atomic E-state index is -4.09. The second kappa shape index (κ2) is 11.5. The van der Waals surface area contributed by atoms with Crippen LogP contribution in [0.5, 0.6) is 11.5 Å². The molecule has 168 valence electrons. The number of benzene rings is 2. The van der Waals surface area contributed by atoms with E-state index in [9.17, 15) is 19.5 Å². The standard InChI is InChI=1S/C21H27N2O7P/c1-4-17(5-2)15-28-21(24)16(3)22-31(27,29-19-9-7-6-8-10-19)30-20-13-11-18(12-14-20)23(25)26/h6-14,16-17H,4-5,15H2,1-3H3,(H,22,27)/t16-,31+/m0/s1. The number of carbonyl (C=O) groups is 1. The molecular weight excluding hydrogens is 423 g/mol. The van der Waals surface area contributed by atoms with Gasteiger partial charge in [0.2, 0.25) is 0 Å². The van der Waals surface area contributed by atoms with E-state index in [1.165, 1.54) is 31.2 Å². The van der Waals surface area contributed by atoms with Gasteiger partial charge in [0.15, 0.2) is 0 Å². The zero-order valence-corrected chi connectivity index (χ0v) is 18.6. The molecule has 0 fully saturated rings. The Hall–Kier alpha value is -2.90. The van der Waals surface area contributed by atoms with Crippen molar-refractivity contribution in [1.82, 2.24) is 5.09 Å². The van der Waals surface area contributed by atoms with Crippen LogP contribution in [-0.4, -0.2) is 23.5 Å². The van der Waals surface area contributed by atoms with Crippen LogP contribution in [0.3, 0.4) is 0 Å². The minimum Gasteiger partial charge on any atom is -0.464 e. The third kappa shape index (κ3) is 7.70. The summed E-state index contributed by atoms with van der Waals surface area (Å²) in [5.41, 5.74) is -0.141. The first-order chi connectivity index (χ1) is 14.8. The summed E-state index contributed by atoms with van der Waals surface area (Å²) in [6.45, 7) is 5.80. The molecule has 2 atom stereocenters. The predicted octanol–water partition coefficient (Wildman–Crippen LogP) is 5.12. The average molecular weight is 450 g/mol. The summed E-state index contributed by atoms with van der Waals surface area (Å²) in [5.74, 6) is 0.00349.